The van der Waals surface area contributed by atoms with Crippen molar-refractivity contribution in [1.29, 1.82) is 0 Å². The minimum Gasteiger partial charge on any atom is -0.455 e. The third-order valence-electron chi connectivity index (χ3n) is 3.77. The number of hydrogen-bond acceptors (Lipinski definition) is 4. The van der Waals surface area contributed by atoms with Crippen molar-refractivity contribution in [3.8, 4) is 0 Å². The van der Waals surface area contributed by atoms with Crippen LogP contribution in [-0.4, -0.2) is 24.4 Å². The van der Waals surface area contributed by atoms with E-state index < -0.39 is 30.3 Å². The third kappa shape index (κ3) is 6.54. The number of ether oxygens (including phenoxy) is 1. The van der Waals surface area contributed by atoms with Crippen molar-refractivity contribution in [1.82, 2.24) is 5.32 Å². The van der Waals surface area contributed by atoms with Crippen molar-refractivity contribution < 1.29 is 23.5 Å². The number of benzene rings is 2. The Balaban J connectivity index is 1.88. The molecule has 0 aliphatic heterocycles. The first-order valence-corrected chi connectivity index (χ1v) is 8.39. The van der Waals surface area contributed by atoms with E-state index in [2.05, 4.69) is 10.6 Å². The van der Waals surface area contributed by atoms with Crippen molar-refractivity contribution in [2.24, 2.45) is 0 Å². The highest BCUT2D eigenvalue weighted by molar-refractivity contribution is 5.92. The highest BCUT2D eigenvalue weighted by Gasteiger charge is 2.18. The van der Waals surface area contributed by atoms with Gasteiger partial charge >= 0.3 is 5.97 Å². The molecule has 2 rings (SSSR count). The fourth-order valence-electron chi connectivity index (χ4n) is 2.42. The van der Waals surface area contributed by atoms with E-state index in [-0.39, 0.29) is 18.0 Å². The van der Waals surface area contributed by atoms with Crippen LogP contribution in [0.5, 0.6) is 0 Å². The van der Waals surface area contributed by atoms with E-state index in [1.807, 2.05) is 6.07 Å². The minimum atomic E-state index is -0.636. The van der Waals surface area contributed by atoms with E-state index in [1.54, 1.807) is 37.3 Å². The number of esters is 1. The van der Waals surface area contributed by atoms with Crippen molar-refractivity contribution in [2.45, 2.75) is 26.3 Å². The fraction of sp³-hybridized carbons (Fsp3) is 0.250. The summed E-state index contributed by atoms with van der Waals surface area (Å²) in [4.78, 5) is 35.3. The molecular weight excluding hydrogens is 351 g/mol. The summed E-state index contributed by atoms with van der Waals surface area (Å²) in [5.41, 5.74) is 1.49. The lowest BCUT2D eigenvalue weighted by atomic mass is 10.0. The third-order valence-corrected chi connectivity index (χ3v) is 3.77. The Morgan fingerprint density at radius 2 is 1.81 bits per heavy atom. The van der Waals surface area contributed by atoms with Crippen LogP contribution in [0.15, 0.2) is 48.5 Å². The second kappa shape index (κ2) is 9.47. The van der Waals surface area contributed by atoms with Crippen molar-refractivity contribution in [3.63, 3.8) is 0 Å². The second-order valence-corrected chi connectivity index (χ2v) is 6.04. The molecule has 0 spiro atoms. The summed E-state index contributed by atoms with van der Waals surface area (Å²) in [6.45, 7) is 2.46. The highest BCUT2D eigenvalue weighted by Crippen LogP contribution is 2.17. The van der Waals surface area contributed by atoms with Gasteiger partial charge in [0, 0.05) is 12.6 Å². The summed E-state index contributed by atoms with van der Waals surface area (Å²) in [5, 5.41) is 5.14. The van der Waals surface area contributed by atoms with Gasteiger partial charge in [0.15, 0.2) is 6.61 Å². The number of nitrogens with one attached hydrogen (secondary N) is 2. The maximum absolute atomic E-state index is 13.5. The van der Waals surface area contributed by atoms with E-state index in [4.69, 9.17) is 4.74 Å². The fourth-order valence-corrected chi connectivity index (χ4v) is 2.42. The van der Waals surface area contributed by atoms with Crippen molar-refractivity contribution in [3.05, 3.63) is 65.5 Å². The number of rotatable bonds is 7. The summed E-state index contributed by atoms with van der Waals surface area (Å²) in [7, 11) is 0. The Kier molecular flexibility index (Phi) is 7.05. The van der Waals surface area contributed by atoms with Crippen molar-refractivity contribution >= 4 is 23.5 Å². The number of hydrogen-bond donors (Lipinski definition) is 2. The molecule has 2 N–H and O–H groups in total. The molecule has 142 valence electrons. The SMILES string of the molecule is CC(=O)N[C@@H](CC(=O)OCC(=O)Nc1ccc(C)c(F)c1)c1ccccc1. The summed E-state index contributed by atoms with van der Waals surface area (Å²) in [5.74, 6) is -1.94. The number of anilines is 1. The number of amides is 2. The smallest absolute Gasteiger partial charge is 0.308 e. The summed E-state index contributed by atoms with van der Waals surface area (Å²) in [6.07, 6.45) is -0.115. The zero-order valence-corrected chi connectivity index (χ0v) is 15.1. The van der Waals surface area contributed by atoms with Gasteiger partial charge in [0.05, 0.1) is 12.5 Å². The van der Waals surface area contributed by atoms with Crippen molar-refractivity contribution in [2.75, 3.05) is 11.9 Å². The maximum atomic E-state index is 13.5. The molecule has 0 aromatic heterocycles. The first-order chi connectivity index (χ1) is 12.8. The minimum absolute atomic E-state index is 0.115. The molecule has 1 atom stereocenters. The van der Waals surface area contributed by atoms with Gasteiger partial charge in [0.1, 0.15) is 5.82 Å². The molecule has 7 heteroatoms. The zero-order valence-electron chi connectivity index (χ0n) is 15.1. The Hall–Kier alpha value is -3.22. The summed E-state index contributed by atoms with van der Waals surface area (Å²) >= 11 is 0. The monoisotopic (exact) mass is 372 g/mol. The van der Waals surface area contributed by atoms with Gasteiger partial charge in [0.2, 0.25) is 5.91 Å². The molecule has 0 saturated carbocycles. The first-order valence-electron chi connectivity index (χ1n) is 8.39. The molecule has 27 heavy (non-hydrogen) atoms. The van der Waals surface area contributed by atoms with E-state index >= 15 is 0 Å². The van der Waals surface area contributed by atoms with Crippen LogP contribution in [0.2, 0.25) is 0 Å². The molecule has 0 aliphatic rings. The van der Waals surface area contributed by atoms with Crippen LogP contribution >= 0.6 is 0 Å². The van der Waals surface area contributed by atoms with Gasteiger partial charge < -0.3 is 15.4 Å². The van der Waals surface area contributed by atoms with Crippen LogP contribution in [0.3, 0.4) is 0 Å². The summed E-state index contributed by atoms with van der Waals surface area (Å²) < 4.78 is 18.4. The van der Waals surface area contributed by atoms with Crippen LogP contribution in [-0.2, 0) is 19.1 Å². The quantitative estimate of drug-likeness (QED) is 0.732. The first kappa shape index (κ1) is 20.1. The lowest BCUT2D eigenvalue weighted by Crippen LogP contribution is -2.29. The molecule has 2 aromatic carbocycles. The van der Waals surface area contributed by atoms with Crippen LogP contribution in [0.4, 0.5) is 10.1 Å². The van der Waals surface area contributed by atoms with Gasteiger partial charge in [-0.1, -0.05) is 36.4 Å². The molecule has 0 aliphatic carbocycles. The number of halogens is 1. The number of carbonyl (C=O) groups is 3. The predicted octanol–water partition coefficient (Wildman–Crippen LogP) is 2.88. The van der Waals surface area contributed by atoms with Gasteiger partial charge in [-0.25, -0.2) is 4.39 Å². The van der Waals surface area contributed by atoms with Crippen LogP contribution in [0.1, 0.15) is 30.5 Å². The Morgan fingerprint density at radius 3 is 2.44 bits per heavy atom. The number of aryl methyl sites for hydroxylation is 1. The predicted molar refractivity (Wildman–Crippen MR) is 98.3 cm³/mol. The molecule has 6 nitrogen and oxygen atoms in total. The molecule has 0 bridgehead atoms. The van der Waals surface area contributed by atoms with Gasteiger partial charge in [0.25, 0.3) is 5.91 Å². The zero-order chi connectivity index (χ0) is 19.8. The highest BCUT2D eigenvalue weighted by atomic mass is 19.1. The molecule has 0 fully saturated rings. The van der Waals surface area contributed by atoms with Gasteiger partial charge in [-0.2, -0.15) is 0 Å². The molecule has 0 radical (unpaired) electrons. The van der Waals surface area contributed by atoms with Gasteiger partial charge in [-0.3, -0.25) is 14.4 Å². The number of carbonyl (C=O) groups excluding carboxylic acids is 3. The lowest BCUT2D eigenvalue weighted by molar-refractivity contribution is -0.148. The second-order valence-electron chi connectivity index (χ2n) is 6.04. The largest absolute Gasteiger partial charge is 0.455 e. The van der Waals surface area contributed by atoms with E-state index in [9.17, 15) is 18.8 Å². The van der Waals surface area contributed by atoms with Crippen LogP contribution < -0.4 is 10.6 Å². The molecule has 0 heterocycles. The average molecular weight is 372 g/mol. The standard InChI is InChI=1S/C20H21FN2O4/c1-13-8-9-16(10-17(13)21)23-19(25)12-27-20(26)11-18(22-14(2)24)15-6-4-3-5-7-15/h3-10,18H,11-12H2,1-2H3,(H,22,24)(H,23,25)/t18-/m0/s1. The molecular formula is C20H21FN2O4. The molecule has 2 amide bonds. The lowest BCUT2D eigenvalue weighted by Gasteiger charge is -2.17. The Bertz CT molecular complexity index is 824. The van der Waals surface area contributed by atoms with E-state index in [0.717, 1.165) is 5.56 Å². The molecule has 2 aromatic rings. The average Bonchev–Trinajstić information content (AvgIpc) is 2.63. The maximum Gasteiger partial charge on any atom is 0.308 e. The normalized spacial score (nSPS) is 11.4. The summed E-state index contributed by atoms with van der Waals surface area (Å²) in [6, 6.07) is 12.7. The van der Waals surface area contributed by atoms with E-state index in [0.29, 0.717) is 5.56 Å². The van der Waals surface area contributed by atoms with Gasteiger partial charge in [-0.05, 0) is 30.2 Å². The molecule has 0 unspecified atom stereocenters. The van der Waals surface area contributed by atoms with Crippen LogP contribution in [0.25, 0.3) is 0 Å². The van der Waals surface area contributed by atoms with Crippen LogP contribution in [0, 0.1) is 12.7 Å². The molecule has 0 saturated heterocycles. The van der Waals surface area contributed by atoms with Gasteiger partial charge in [-0.15, -0.1) is 0 Å². The Labute approximate surface area is 156 Å². The topological polar surface area (TPSA) is 84.5 Å². The van der Waals surface area contributed by atoms with E-state index in [1.165, 1.54) is 19.1 Å². The Morgan fingerprint density at radius 1 is 1.11 bits per heavy atom.